The minimum Gasteiger partial charge on any atom is -0.481 e. The molecule has 112 valence electrons. The molecule has 0 aliphatic rings. The minimum atomic E-state index is -0.958. The highest BCUT2D eigenvalue weighted by molar-refractivity contribution is 5.81. The van der Waals surface area contributed by atoms with Crippen LogP contribution in [0.3, 0.4) is 0 Å². The van der Waals surface area contributed by atoms with E-state index in [0.717, 1.165) is 6.42 Å². The topological polar surface area (TPSA) is 92.4 Å². The van der Waals surface area contributed by atoms with Gasteiger partial charge in [-0.1, -0.05) is 13.8 Å². The van der Waals surface area contributed by atoms with Crippen LogP contribution in [0.5, 0.6) is 0 Å². The second-order valence-electron chi connectivity index (χ2n) is 6.77. The van der Waals surface area contributed by atoms with Crippen molar-refractivity contribution in [1.29, 1.82) is 0 Å². The second-order valence-corrected chi connectivity index (χ2v) is 6.77. The molecule has 0 spiro atoms. The van der Waals surface area contributed by atoms with Gasteiger partial charge in [-0.05, 0) is 39.5 Å². The monoisotopic (exact) mass is 272 g/mol. The molecular formula is C14H28N2O3. The summed E-state index contributed by atoms with van der Waals surface area (Å²) in [7, 11) is 0. The van der Waals surface area contributed by atoms with Crippen molar-refractivity contribution in [3.63, 3.8) is 0 Å². The largest absolute Gasteiger partial charge is 0.481 e. The zero-order valence-electron chi connectivity index (χ0n) is 12.7. The van der Waals surface area contributed by atoms with Crippen molar-refractivity contribution < 1.29 is 14.7 Å². The summed E-state index contributed by atoms with van der Waals surface area (Å²) in [6, 6.07) is 0. The molecule has 5 heteroatoms. The highest BCUT2D eigenvalue weighted by Gasteiger charge is 2.32. The molecule has 0 aliphatic carbocycles. The summed E-state index contributed by atoms with van der Waals surface area (Å²) < 4.78 is 0. The van der Waals surface area contributed by atoms with Crippen molar-refractivity contribution in [3.8, 4) is 0 Å². The van der Waals surface area contributed by atoms with Crippen LogP contribution in [0.15, 0.2) is 0 Å². The van der Waals surface area contributed by atoms with Gasteiger partial charge in [0.05, 0.1) is 6.42 Å². The standard InChI is InChI=1S/C14H28N2O3/c1-10(2)8-14(5,9-13(3,4)15)16-11(17)6-7-12(18)19/h10H,6-9,15H2,1-5H3,(H,16,17)(H,18,19). The number of carboxylic acid groups (broad SMARTS) is 1. The lowest BCUT2D eigenvalue weighted by molar-refractivity contribution is -0.139. The van der Waals surface area contributed by atoms with Crippen molar-refractivity contribution in [1.82, 2.24) is 5.32 Å². The molecule has 0 heterocycles. The maximum atomic E-state index is 11.8. The van der Waals surface area contributed by atoms with E-state index >= 15 is 0 Å². The molecule has 0 bridgehead atoms. The predicted molar refractivity (Wildman–Crippen MR) is 75.8 cm³/mol. The zero-order chi connectivity index (χ0) is 15.3. The van der Waals surface area contributed by atoms with Crippen molar-refractivity contribution in [2.45, 2.75) is 71.4 Å². The van der Waals surface area contributed by atoms with Crippen LogP contribution >= 0.6 is 0 Å². The number of carbonyl (C=O) groups excluding carboxylic acids is 1. The van der Waals surface area contributed by atoms with E-state index in [4.69, 9.17) is 10.8 Å². The number of rotatable bonds is 8. The fourth-order valence-electron chi connectivity index (χ4n) is 2.69. The maximum Gasteiger partial charge on any atom is 0.303 e. The molecule has 5 nitrogen and oxygen atoms in total. The van der Waals surface area contributed by atoms with Crippen LogP contribution < -0.4 is 11.1 Å². The van der Waals surface area contributed by atoms with Crippen molar-refractivity contribution >= 4 is 11.9 Å². The SMILES string of the molecule is CC(C)CC(C)(CC(C)(C)N)NC(=O)CCC(=O)O. The normalized spacial score (nSPS) is 15.1. The lowest BCUT2D eigenvalue weighted by atomic mass is 9.80. The van der Waals surface area contributed by atoms with Gasteiger partial charge in [-0.2, -0.15) is 0 Å². The first kappa shape index (κ1) is 17.9. The second kappa shape index (κ2) is 6.89. The number of carbonyl (C=O) groups is 2. The van der Waals surface area contributed by atoms with E-state index in [-0.39, 0.29) is 24.3 Å². The van der Waals surface area contributed by atoms with Crippen LogP contribution in [-0.2, 0) is 9.59 Å². The first-order valence-corrected chi connectivity index (χ1v) is 6.75. The van der Waals surface area contributed by atoms with E-state index < -0.39 is 11.5 Å². The van der Waals surface area contributed by atoms with E-state index in [1.165, 1.54) is 0 Å². The highest BCUT2D eigenvalue weighted by atomic mass is 16.4. The van der Waals surface area contributed by atoms with Gasteiger partial charge in [0.15, 0.2) is 0 Å². The number of nitrogens with two attached hydrogens (primary N) is 1. The van der Waals surface area contributed by atoms with E-state index in [9.17, 15) is 9.59 Å². The quantitative estimate of drug-likeness (QED) is 0.629. The predicted octanol–water partition coefficient (Wildman–Crippen LogP) is 1.90. The number of hydrogen-bond donors (Lipinski definition) is 3. The van der Waals surface area contributed by atoms with Crippen LogP contribution in [0.1, 0.15) is 60.3 Å². The zero-order valence-corrected chi connectivity index (χ0v) is 12.7. The van der Waals surface area contributed by atoms with Crippen molar-refractivity contribution in [2.75, 3.05) is 0 Å². The molecule has 0 aromatic rings. The van der Waals surface area contributed by atoms with Gasteiger partial charge in [-0.25, -0.2) is 0 Å². The van der Waals surface area contributed by atoms with Crippen molar-refractivity contribution in [3.05, 3.63) is 0 Å². The third-order valence-electron chi connectivity index (χ3n) is 2.71. The Morgan fingerprint density at radius 1 is 1.21 bits per heavy atom. The Labute approximate surface area is 115 Å². The number of carboxylic acids is 1. The first-order valence-electron chi connectivity index (χ1n) is 6.75. The van der Waals surface area contributed by atoms with Crippen LogP contribution in [0.4, 0.5) is 0 Å². The van der Waals surface area contributed by atoms with Gasteiger partial charge in [0.2, 0.25) is 5.91 Å². The summed E-state index contributed by atoms with van der Waals surface area (Å²) >= 11 is 0. The Kier molecular flexibility index (Phi) is 6.49. The average molecular weight is 272 g/mol. The number of amides is 1. The third kappa shape index (κ3) is 9.47. The summed E-state index contributed by atoms with van der Waals surface area (Å²) in [5.74, 6) is -0.762. The van der Waals surface area contributed by atoms with Crippen LogP contribution in [0.2, 0.25) is 0 Å². The summed E-state index contributed by atoms with van der Waals surface area (Å²) in [6.07, 6.45) is 1.33. The highest BCUT2D eigenvalue weighted by Crippen LogP contribution is 2.25. The maximum absolute atomic E-state index is 11.8. The van der Waals surface area contributed by atoms with Gasteiger partial charge >= 0.3 is 5.97 Å². The molecular weight excluding hydrogens is 244 g/mol. The lowest BCUT2D eigenvalue weighted by Crippen LogP contribution is -2.53. The molecule has 1 atom stereocenters. The summed E-state index contributed by atoms with van der Waals surface area (Å²) in [4.78, 5) is 22.3. The fourth-order valence-corrected chi connectivity index (χ4v) is 2.69. The molecule has 0 rings (SSSR count). The average Bonchev–Trinajstić information content (AvgIpc) is 2.08. The summed E-state index contributed by atoms with van der Waals surface area (Å²) in [5, 5.41) is 11.5. The van der Waals surface area contributed by atoms with E-state index in [1.54, 1.807) is 0 Å². The number of hydrogen-bond acceptors (Lipinski definition) is 3. The van der Waals surface area contributed by atoms with Crippen LogP contribution in [0.25, 0.3) is 0 Å². The molecule has 1 amide bonds. The van der Waals surface area contributed by atoms with Gasteiger partial charge in [0, 0.05) is 17.5 Å². The fraction of sp³-hybridized carbons (Fsp3) is 0.857. The summed E-state index contributed by atoms with van der Waals surface area (Å²) in [6.45, 7) is 10.0. The van der Waals surface area contributed by atoms with Gasteiger partial charge in [0.1, 0.15) is 0 Å². The van der Waals surface area contributed by atoms with E-state index in [0.29, 0.717) is 12.3 Å². The van der Waals surface area contributed by atoms with Gasteiger partial charge in [-0.3, -0.25) is 9.59 Å². The molecule has 0 aromatic heterocycles. The summed E-state index contributed by atoms with van der Waals surface area (Å²) in [5.41, 5.74) is 5.26. The Balaban J connectivity index is 4.66. The number of aliphatic carboxylic acids is 1. The number of nitrogens with one attached hydrogen (secondary N) is 1. The molecule has 0 saturated heterocycles. The first-order chi connectivity index (χ1) is 8.43. The molecule has 4 N–H and O–H groups in total. The molecule has 0 aliphatic heterocycles. The third-order valence-corrected chi connectivity index (χ3v) is 2.71. The molecule has 0 fully saturated rings. The van der Waals surface area contributed by atoms with Crippen LogP contribution in [0, 0.1) is 5.92 Å². The Bertz CT molecular complexity index is 321. The molecule has 1 unspecified atom stereocenters. The van der Waals surface area contributed by atoms with Gasteiger partial charge < -0.3 is 16.2 Å². The molecule has 0 aromatic carbocycles. The molecule has 0 saturated carbocycles. The Morgan fingerprint density at radius 2 is 1.74 bits per heavy atom. The lowest BCUT2D eigenvalue weighted by Gasteiger charge is -2.37. The van der Waals surface area contributed by atoms with Gasteiger partial charge in [-0.15, -0.1) is 0 Å². The molecule has 19 heavy (non-hydrogen) atoms. The van der Waals surface area contributed by atoms with Gasteiger partial charge in [0.25, 0.3) is 0 Å². The Morgan fingerprint density at radius 3 is 2.11 bits per heavy atom. The Hall–Kier alpha value is -1.10. The smallest absolute Gasteiger partial charge is 0.303 e. The molecule has 0 radical (unpaired) electrons. The van der Waals surface area contributed by atoms with E-state index in [1.807, 2.05) is 20.8 Å². The minimum absolute atomic E-state index is 0.00795. The van der Waals surface area contributed by atoms with E-state index in [2.05, 4.69) is 19.2 Å². The van der Waals surface area contributed by atoms with Crippen LogP contribution in [-0.4, -0.2) is 28.1 Å². The van der Waals surface area contributed by atoms with Crippen molar-refractivity contribution in [2.24, 2.45) is 11.7 Å².